The summed E-state index contributed by atoms with van der Waals surface area (Å²) in [5.41, 5.74) is 1.13. The predicted octanol–water partition coefficient (Wildman–Crippen LogP) is 4.81. The van der Waals surface area contributed by atoms with Crippen LogP contribution in [-0.2, 0) is 14.3 Å². The van der Waals surface area contributed by atoms with Gasteiger partial charge in [0.2, 0.25) is 0 Å². The van der Waals surface area contributed by atoms with Gasteiger partial charge in [-0.25, -0.2) is 0 Å². The molecule has 0 bridgehead atoms. The molecule has 3 rings (SSSR count). The number of carbonyl (C=O) groups excluding carboxylic acids is 3. The Hall–Kier alpha value is -3.36. The maximum atomic E-state index is 13.0. The third-order valence-electron chi connectivity index (χ3n) is 4.11. The van der Waals surface area contributed by atoms with Crippen molar-refractivity contribution in [1.82, 2.24) is 5.32 Å². The fraction of sp³-hybridized carbons (Fsp3) is 0.125. The van der Waals surface area contributed by atoms with Crippen LogP contribution in [0.3, 0.4) is 0 Å². The Morgan fingerprint density at radius 1 is 1.03 bits per heavy atom. The van der Waals surface area contributed by atoms with Crippen LogP contribution in [0.2, 0.25) is 0 Å². The molecule has 8 heteroatoms. The molecule has 2 aromatic carbocycles. The molecule has 0 saturated heterocycles. The summed E-state index contributed by atoms with van der Waals surface area (Å²) in [5.74, 6) is -0.934. The van der Waals surface area contributed by atoms with E-state index in [2.05, 4.69) is 10.6 Å². The molecule has 0 radical (unpaired) electrons. The van der Waals surface area contributed by atoms with Crippen LogP contribution in [0.4, 0.5) is 5.69 Å². The van der Waals surface area contributed by atoms with Crippen molar-refractivity contribution in [3.05, 3.63) is 88.2 Å². The summed E-state index contributed by atoms with van der Waals surface area (Å²) >= 11 is 2.78. The lowest BCUT2D eigenvalue weighted by Crippen LogP contribution is -2.30. The molecule has 3 aromatic rings. The van der Waals surface area contributed by atoms with Crippen molar-refractivity contribution in [1.29, 1.82) is 0 Å². The van der Waals surface area contributed by atoms with E-state index >= 15 is 0 Å². The van der Waals surface area contributed by atoms with E-state index in [0.29, 0.717) is 17.9 Å². The SMILES string of the molecule is CCOC(=O)CSc1cccc(NC(=O)/C(=C\c2cccs2)NC(=O)c2ccccc2)c1. The van der Waals surface area contributed by atoms with Crippen molar-refractivity contribution >= 4 is 52.6 Å². The summed E-state index contributed by atoms with van der Waals surface area (Å²) in [6.07, 6.45) is 1.64. The fourth-order valence-electron chi connectivity index (χ4n) is 2.67. The van der Waals surface area contributed by atoms with Crippen LogP contribution >= 0.6 is 23.1 Å². The highest BCUT2D eigenvalue weighted by atomic mass is 32.2. The molecule has 2 N–H and O–H groups in total. The highest BCUT2D eigenvalue weighted by Gasteiger charge is 2.15. The lowest BCUT2D eigenvalue weighted by Gasteiger charge is -2.12. The number of thiophene rings is 1. The molecular formula is C24H22N2O4S2. The number of amides is 2. The van der Waals surface area contributed by atoms with Crippen LogP contribution in [0.25, 0.3) is 6.08 Å². The van der Waals surface area contributed by atoms with Gasteiger partial charge in [0.1, 0.15) is 5.70 Å². The normalized spacial score (nSPS) is 11.0. The summed E-state index contributed by atoms with van der Waals surface area (Å²) < 4.78 is 4.94. The molecule has 0 atom stereocenters. The number of esters is 1. The molecule has 0 fully saturated rings. The smallest absolute Gasteiger partial charge is 0.316 e. The number of hydrogen-bond donors (Lipinski definition) is 2. The van der Waals surface area contributed by atoms with Crippen LogP contribution in [0, 0.1) is 0 Å². The van der Waals surface area contributed by atoms with E-state index in [9.17, 15) is 14.4 Å². The minimum Gasteiger partial charge on any atom is -0.465 e. The van der Waals surface area contributed by atoms with Gasteiger partial charge in [-0.15, -0.1) is 23.1 Å². The maximum Gasteiger partial charge on any atom is 0.316 e. The highest BCUT2D eigenvalue weighted by Crippen LogP contribution is 2.22. The molecule has 164 valence electrons. The molecule has 0 spiro atoms. The number of thioether (sulfide) groups is 1. The number of rotatable bonds is 9. The van der Waals surface area contributed by atoms with E-state index in [4.69, 9.17) is 4.74 Å². The largest absolute Gasteiger partial charge is 0.465 e. The van der Waals surface area contributed by atoms with E-state index in [0.717, 1.165) is 9.77 Å². The predicted molar refractivity (Wildman–Crippen MR) is 129 cm³/mol. The molecule has 1 heterocycles. The number of hydrogen-bond acceptors (Lipinski definition) is 6. The van der Waals surface area contributed by atoms with Crippen LogP contribution in [0.15, 0.2) is 82.7 Å². The molecule has 0 unspecified atom stereocenters. The number of nitrogens with one attached hydrogen (secondary N) is 2. The van der Waals surface area contributed by atoms with Crippen molar-refractivity contribution in [2.24, 2.45) is 0 Å². The second-order valence-corrected chi connectivity index (χ2v) is 8.50. The van der Waals surface area contributed by atoms with Crippen LogP contribution in [-0.4, -0.2) is 30.1 Å². The Bertz CT molecular complexity index is 1100. The summed E-state index contributed by atoms with van der Waals surface area (Å²) in [6.45, 7) is 2.10. The van der Waals surface area contributed by atoms with Gasteiger partial charge in [-0.1, -0.05) is 30.3 Å². The van der Waals surface area contributed by atoms with Gasteiger partial charge >= 0.3 is 5.97 Å². The fourth-order valence-corrected chi connectivity index (χ4v) is 4.08. The van der Waals surface area contributed by atoms with E-state index in [1.165, 1.54) is 23.1 Å². The number of benzene rings is 2. The number of carbonyl (C=O) groups is 3. The van der Waals surface area contributed by atoms with Gasteiger partial charge in [0.15, 0.2) is 0 Å². The zero-order valence-corrected chi connectivity index (χ0v) is 19.0. The van der Waals surface area contributed by atoms with E-state index < -0.39 is 5.91 Å². The van der Waals surface area contributed by atoms with Crippen LogP contribution in [0.5, 0.6) is 0 Å². The number of ether oxygens (including phenoxy) is 1. The summed E-state index contributed by atoms with van der Waals surface area (Å²) in [4.78, 5) is 38.8. The van der Waals surface area contributed by atoms with Crippen molar-refractivity contribution in [3.63, 3.8) is 0 Å². The first-order valence-corrected chi connectivity index (χ1v) is 11.7. The Morgan fingerprint density at radius 2 is 1.84 bits per heavy atom. The monoisotopic (exact) mass is 466 g/mol. The Morgan fingerprint density at radius 3 is 2.56 bits per heavy atom. The van der Waals surface area contributed by atoms with E-state index in [-0.39, 0.29) is 23.3 Å². The first kappa shape index (κ1) is 23.3. The minimum atomic E-state index is -0.449. The summed E-state index contributed by atoms with van der Waals surface area (Å²) in [5, 5.41) is 7.42. The molecule has 2 amide bonds. The number of anilines is 1. The lowest BCUT2D eigenvalue weighted by molar-refractivity contribution is -0.139. The van der Waals surface area contributed by atoms with Gasteiger partial charge in [-0.05, 0) is 54.8 Å². The van der Waals surface area contributed by atoms with E-state index in [1.54, 1.807) is 55.5 Å². The zero-order chi connectivity index (χ0) is 22.8. The highest BCUT2D eigenvalue weighted by molar-refractivity contribution is 8.00. The van der Waals surface area contributed by atoms with Gasteiger partial charge < -0.3 is 15.4 Å². The molecule has 0 saturated carbocycles. The maximum absolute atomic E-state index is 13.0. The van der Waals surface area contributed by atoms with Gasteiger partial charge in [-0.2, -0.15) is 0 Å². The second-order valence-electron chi connectivity index (χ2n) is 6.47. The van der Waals surface area contributed by atoms with Crippen LogP contribution < -0.4 is 10.6 Å². The molecule has 1 aromatic heterocycles. The van der Waals surface area contributed by atoms with Gasteiger partial charge in [-0.3, -0.25) is 14.4 Å². The third kappa shape index (κ3) is 7.11. The van der Waals surface area contributed by atoms with E-state index in [1.807, 2.05) is 29.6 Å². The molecule has 0 aliphatic heterocycles. The summed E-state index contributed by atoms with van der Waals surface area (Å²) in [6, 6.07) is 19.6. The topological polar surface area (TPSA) is 84.5 Å². The molecule has 32 heavy (non-hydrogen) atoms. The van der Waals surface area contributed by atoms with Gasteiger partial charge in [0.05, 0.1) is 12.4 Å². The quantitative estimate of drug-likeness (QED) is 0.269. The van der Waals surface area contributed by atoms with Crippen molar-refractivity contribution in [2.75, 3.05) is 17.7 Å². The Balaban J connectivity index is 1.73. The second kappa shape index (κ2) is 11.9. The molecule has 0 aliphatic carbocycles. The molecular weight excluding hydrogens is 444 g/mol. The zero-order valence-electron chi connectivity index (χ0n) is 17.4. The van der Waals surface area contributed by atoms with Crippen molar-refractivity contribution in [2.45, 2.75) is 11.8 Å². The molecule has 0 aliphatic rings. The van der Waals surface area contributed by atoms with Gasteiger partial charge in [0, 0.05) is 21.0 Å². The molecule has 6 nitrogen and oxygen atoms in total. The van der Waals surface area contributed by atoms with Crippen molar-refractivity contribution in [3.8, 4) is 0 Å². The standard InChI is InChI=1S/C24H22N2O4S2/c1-2-30-22(27)16-32-19-11-6-10-18(14-19)25-24(29)21(15-20-12-7-13-31-20)26-23(28)17-8-4-3-5-9-17/h3-15H,2,16H2,1H3,(H,25,29)(H,26,28)/b21-15+. The van der Waals surface area contributed by atoms with Crippen LogP contribution in [0.1, 0.15) is 22.2 Å². The Labute approximate surface area is 194 Å². The first-order chi connectivity index (χ1) is 15.5. The van der Waals surface area contributed by atoms with Gasteiger partial charge in [0.25, 0.3) is 11.8 Å². The minimum absolute atomic E-state index is 0.130. The Kier molecular flexibility index (Phi) is 8.65. The summed E-state index contributed by atoms with van der Waals surface area (Å²) in [7, 11) is 0. The lowest BCUT2D eigenvalue weighted by atomic mass is 10.2. The average molecular weight is 467 g/mol. The average Bonchev–Trinajstić information content (AvgIpc) is 3.31. The van der Waals surface area contributed by atoms with Crippen molar-refractivity contribution < 1.29 is 19.1 Å². The first-order valence-electron chi connectivity index (χ1n) is 9.86. The third-order valence-corrected chi connectivity index (χ3v) is 5.90.